The Labute approximate surface area is 120 Å². The Hall–Kier alpha value is -1.80. The van der Waals surface area contributed by atoms with Crippen LogP contribution in [0.25, 0.3) is 0 Å². The minimum Gasteiger partial charge on any atom is -0.497 e. The van der Waals surface area contributed by atoms with Crippen molar-refractivity contribution in [3.63, 3.8) is 0 Å². The molecule has 0 spiro atoms. The first-order valence-electron chi connectivity index (χ1n) is 7.25. The molecule has 1 aliphatic rings. The third-order valence-corrected chi connectivity index (χ3v) is 4.18. The highest BCUT2D eigenvalue weighted by molar-refractivity contribution is 5.41. The van der Waals surface area contributed by atoms with Gasteiger partial charge in [0.1, 0.15) is 5.75 Å². The second kappa shape index (κ2) is 5.68. The molecule has 0 bridgehead atoms. The van der Waals surface area contributed by atoms with Crippen molar-refractivity contribution >= 4 is 0 Å². The van der Waals surface area contributed by atoms with Gasteiger partial charge in [-0.05, 0) is 48.6 Å². The van der Waals surface area contributed by atoms with Crippen molar-refractivity contribution in [2.75, 3.05) is 7.11 Å². The van der Waals surface area contributed by atoms with Gasteiger partial charge < -0.3 is 10.1 Å². The number of hydrogen-bond donors (Lipinski definition) is 1. The van der Waals surface area contributed by atoms with E-state index in [2.05, 4.69) is 60.8 Å². The fraction of sp³-hybridized carbons (Fsp3) is 0.333. The Morgan fingerprint density at radius 1 is 1.15 bits per heavy atom. The summed E-state index contributed by atoms with van der Waals surface area (Å²) < 4.78 is 5.35. The van der Waals surface area contributed by atoms with Gasteiger partial charge in [0.25, 0.3) is 0 Å². The summed E-state index contributed by atoms with van der Waals surface area (Å²) in [6, 6.07) is 17.8. The molecule has 0 aromatic heterocycles. The zero-order valence-electron chi connectivity index (χ0n) is 12.1. The van der Waals surface area contributed by atoms with Crippen LogP contribution in [0.2, 0.25) is 0 Å². The van der Waals surface area contributed by atoms with Gasteiger partial charge in [-0.25, -0.2) is 0 Å². The first-order valence-corrected chi connectivity index (χ1v) is 7.25. The van der Waals surface area contributed by atoms with E-state index >= 15 is 0 Å². The molecule has 0 fully saturated rings. The number of ether oxygens (including phenoxy) is 1. The van der Waals surface area contributed by atoms with E-state index in [0.29, 0.717) is 12.1 Å². The van der Waals surface area contributed by atoms with Crippen LogP contribution in [0.4, 0.5) is 0 Å². The smallest absolute Gasteiger partial charge is 0.119 e. The van der Waals surface area contributed by atoms with Crippen LogP contribution in [0.15, 0.2) is 48.5 Å². The van der Waals surface area contributed by atoms with Gasteiger partial charge >= 0.3 is 0 Å². The molecule has 2 aromatic rings. The SMILES string of the molecule is COc1ccc2c(c1)C(N[C@H](C)c1ccccc1)CC2. The maximum absolute atomic E-state index is 5.35. The third-order valence-electron chi connectivity index (χ3n) is 4.18. The third kappa shape index (κ3) is 2.56. The summed E-state index contributed by atoms with van der Waals surface area (Å²) in [5.74, 6) is 0.949. The predicted octanol–water partition coefficient (Wildman–Crippen LogP) is 4.03. The lowest BCUT2D eigenvalue weighted by atomic mass is 10.0. The van der Waals surface area contributed by atoms with Crippen LogP contribution in [0.3, 0.4) is 0 Å². The predicted molar refractivity (Wildman–Crippen MR) is 82.0 cm³/mol. The van der Waals surface area contributed by atoms with Crippen LogP contribution in [0, 0.1) is 0 Å². The summed E-state index contributed by atoms with van der Waals surface area (Å²) in [6.07, 6.45) is 2.32. The topological polar surface area (TPSA) is 21.3 Å². The van der Waals surface area contributed by atoms with Gasteiger partial charge in [-0.15, -0.1) is 0 Å². The second-order valence-corrected chi connectivity index (χ2v) is 5.46. The van der Waals surface area contributed by atoms with Gasteiger partial charge in [0.15, 0.2) is 0 Å². The standard InChI is InChI=1S/C18H21NO/c1-13(14-6-4-3-5-7-14)19-18-11-9-15-8-10-16(20-2)12-17(15)18/h3-8,10,12-13,18-19H,9,11H2,1-2H3/t13-,18?/m1/s1. The molecular weight excluding hydrogens is 246 g/mol. The van der Waals surface area contributed by atoms with Crippen molar-refractivity contribution in [2.45, 2.75) is 31.8 Å². The van der Waals surface area contributed by atoms with E-state index in [1.54, 1.807) is 7.11 Å². The number of aryl methyl sites for hydroxylation is 1. The Kier molecular flexibility index (Phi) is 3.75. The number of hydrogen-bond acceptors (Lipinski definition) is 2. The minimum absolute atomic E-state index is 0.360. The molecule has 2 atom stereocenters. The fourth-order valence-electron chi connectivity index (χ4n) is 3.02. The second-order valence-electron chi connectivity index (χ2n) is 5.46. The van der Waals surface area contributed by atoms with Crippen molar-refractivity contribution in [1.82, 2.24) is 5.32 Å². The normalized spacial score (nSPS) is 18.6. The largest absolute Gasteiger partial charge is 0.497 e. The minimum atomic E-state index is 0.360. The lowest BCUT2D eigenvalue weighted by Crippen LogP contribution is -2.22. The summed E-state index contributed by atoms with van der Waals surface area (Å²) in [7, 11) is 1.73. The van der Waals surface area contributed by atoms with E-state index in [9.17, 15) is 0 Å². The molecule has 20 heavy (non-hydrogen) atoms. The zero-order valence-corrected chi connectivity index (χ0v) is 12.1. The molecule has 0 saturated carbocycles. The Bertz CT molecular complexity index is 579. The molecular formula is C18H21NO. The molecule has 2 heteroatoms. The zero-order chi connectivity index (χ0) is 13.9. The highest BCUT2D eigenvalue weighted by atomic mass is 16.5. The summed E-state index contributed by atoms with van der Waals surface area (Å²) in [5.41, 5.74) is 4.18. The molecule has 0 heterocycles. The first kappa shape index (κ1) is 13.2. The molecule has 0 saturated heterocycles. The van der Waals surface area contributed by atoms with Crippen LogP contribution in [-0.2, 0) is 6.42 Å². The molecule has 1 N–H and O–H groups in total. The maximum Gasteiger partial charge on any atom is 0.119 e. The lowest BCUT2D eigenvalue weighted by molar-refractivity contribution is 0.412. The Morgan fingerprint density at radius 3 is 2.70 bits per heavy atom. The summed E-state index contributed by atoms with van der Waals surface area (Å²) >= 11 is 0. The van der Waals surface area contributed by atoms with Gasteiger partial charge in [-0.1, -0.05) is 36.4 Å². The number of nitrogens with one attached hydrogen (secondary N) is 1. The van der Waals surface area contributed by atoms with E-state index in [1.165, 1.54) is 23.1 Å². The summed E-state index contributed by atoms with van der Waals surface area (Å²) in [4.78, 5) is 0. The van der Waals surface area contributed by atoms with Crippen molar-refractivity contribution in [2.24, 2.45) is 0 Å². The molecule has 0 radical (unpaired) electrons. The van der Waals surface area contributed by atoms with Crippen molar-refractivity contribution in [1.29, 1.82) is 0 Å². The van der Waals surface area contributed by atoms with E-state index in [1.807, 2.05) is 0 Å². The average molecular weight is 267 g/mol. The molecule has 104 valence electrons. The molecule has 0 aliphatic heterocycles. The highest BCUT2D eigenvalue weighted by Gasteiger charge is 2.24. The maximum atomic E-state index is 5.35. The van der Waals surface area contributed by atoms with Gasteiger partial charge in [-0.3, -0.25) is 0 Å². The monoisotopic (exact) mass is 267 g/mol. The van der Waals surface area contributed by atoms with Crippen LogP contribution in [0.5, 0.6) is 5.75 Å². The lowest BCUT2D eigenvalue weighted by Gasteiger charge is -2.21. The quantitative estimate of drug-likeness (QED) is 0.903. The molecule has 3 rings (SSSR count). The van der Waals surface area contributed by atoms with E-state index < -0.39 is 0 Å². The molecule has 1 unspecified atom stereocenters. The van der Waals surface area contributed by atoms with Crippen LogP contribution in [0.1, 0.15) is 42.1 Å². The average Bonchev–Trinajstić information content (AvgIpc) is 2.90. The summed E-state index contributed by atoms with van der Waals surface area (Å²) in [5, 5.41) is 3.75. The molecule has 0 amide bonds. The van der Waals surface area contributed by atoms with Gasteiger partial charge in [-0.2, -0.15) is 0 Å². The number of methoxy groups -OCH3 is 1. The highest BCUT2D eigenvalue weighted by Crippen LogP contribution is 2.35. The number of rotatable bonds is 4. The van der Waals surface area contributed by atoms with Crippen LogP contribution in [-0.4, -0.2) is 7.11 Å². The fourth-order valence-corrected chi connectivity index (χ4v) is 3.02. The molecule has 2 nitrogen and oxygen atoms in total. The first-order chi connectivity index (χ1) is 9.78. The van der Waals surface area contributed by atoms with Crippen molar-refractivity contribution < 1.29 is 4.74 Å². The number of benzene rings is 2. The summed E-state index contributed by atoms with van der Waals surface area (Å²) in [6.45, 7) is 2.23. The van der Waals surface area contributed by atoms with E-state index in [0.717, 1.165) is 12.2 Å². The van der Waals surface area contributed by atoms with E-state index in [4.69, 9.17) is 4.74 Å². The van der Waals surface area contributed by atoms with Crippen molar-refractivity contribution in [3.05, 3.63) is 65.2 Å². The Balaban J connectivity index is 1.78. The van der Waals surface area contributed by atoms with Gasteiger partial charge in [0.05, 0.1) is 7.11 Å². The molecule has 1 aliphatic carbocycles. The van der Waals surface area contributed by atoms with Crippen LogP contribution >= 0.6 is 0 Å². The van der Waals surface area contributed by atoms with E-state index in [-0.39, 0.29) is 0 Å². The molecule has 2 aromatic carbocycles. The van der Waals surface area contributed by atoms with Gasteiger partial charge in [0.2, 0.25) is 0 Å². The number of fused-ring (bicyclic) bond motifs is 1. The van der Waals surface area contributed by atoms with Crippen LogP contribution < -0.4 is 10.1 Å². The van der Waals surface area contributed by atoms with Crippen molar-refractivity contribution in [3.8, 4) is 5.75 Å². The Morgan fingerprint density at radius 2 is 1.95 bits per heavy atom. The van der Waals surface area contributed by atoms with Gasteiger partial charge in [0, 0.05) is 12.1 Å².